The molecule has 0 saturated heterocycles. The van der Waals surface area contributed by atoms with Gasteiger partial charge in [0.2, 0.25) is 0 Å². The Bertz CT molecular complexity index is 369. The molecule has 82 valence electrons. The zero-order chi connectivity index (χ0) is 10.9. The van der Waals surface area contributed by atoms with Gasteiger partial charge in [0.05, 0.1) is 21.7 Å². The molecule has 0 atom stereocenters. The molecule has 0 amide bonds. The fourth-order valence-electron chi connectivity index (χ4n) is 2.23. The lowest BCUT2D eigenvalue weighted by molar-refractivity contribution is -0.149. The lowest BCUT2D eigenvalue weighted by Crippen LogP contribution is -2.32. The Hall–Kier alpha value is -0.590. The smallest absolute Gasteiger partial charge is 0.311 e. The lowest BCUT2D eigenvalue weighted by Gasteiger charge is -2.23. The van der Waals surface area contributed by atoms with Crippen LogP contribution in [0.5, 0.6) is 0 Å². The lowest BCUT2D eigenvalue weighted by atomic mass is 9.86. The largest absolute Gasteiger partial charge is 0.481 e. The maximum absolute atomic E-state index is 11.3. The van der Waals surface area contributed by atoms with Crippen molar-refractivity contribution >= 4 is 28.6 Å². The molecule has 0 bridgehead atoms. The predicted octanol–water partition coefficient (Wildman–Crippen LogP) is 2.13. The molecule has 1 aromatic rings. The van der Waals surface area contributed by atoms with Gasteiger partial charge in [-0.15, -0.1) is 0 Å². The molecule has 0 aliphatic heterocycles. The molecule has 1 aromatic heterocycles. The number of rotatable bonds is 3. The molecular formula is C10H13IN2O2. The fraction of sp³-hybridized carbons (Fsp3) is 0.600. The van der Waals surface area contributed by atoms with E-state index in [9.17, 15) is 9.90 Å². The Morgan fingerprint density at radius 3 is 2.73 bits per heavy atom. The van der Waals surface area contributed by atoms with E-state index < -0.39 is 11.4 Å². The number of carboxylic acid groups (broad SMARTS) is 1. The van der Waals surface area contributed by atoms with Crippen LogP contribution in [0.4, 0.5) is 0 Å². The number of nitrogens with zero attached hydrogens (tertiary/aromatic N) is 2. The molecule has 0 spiro atoms. The van der Waals surface area contributed by atoms with Gasteiger partial charge in [-0.25, -0.2) is 0 Å². The topological polar surface area (TPSA) is 55.1 Å². The fourth-order valence-corrected chi connectivity index (χ4v) is 2.67. The molecule has 0 unspecified atom stereocenters. The van der Waals surface area contributed by atoms with Crippen molar-refractivity contribution in [3.05, 3.63) is 16.0 Å². The van der Waals surface area contributed by atoms with Gasteiger partial charge in [0.1, 0.15) is 0 Å². The molecule has 4 nitrogen and oxygen atoms in total. The zero-order valence-electron chi connectivity index (χ0n) is 8.32. The van der Waals surface area contributed by atoms with Gasteiger partial charge in [-0.3, -0.25) is 9.48 Å². The summed E-state index contributed by atoms with van der Waals surface area (Å²) in [6, 6.07) is 0. The standard InChI is InChI=1S/C10H13IN2O2/c11-8-5-12-13(6-8)7-10(9(14)15)3-1-2-4-10/h5-6H,1-4,7H2,(H,14,15). The number of hydrogen-bond acceptors (Lipinski definition) is 2. The van der Waals surface area contributed by atoms with Crippen molar-refractivity contribution in [3.63, 3.8) is 0 Å². The summed E-state index contributed by atoms with van der Waals surface area (Å²) in [5, 5.41) is 13.4. The second-order valence-electron chi connectivity index (χ2n) is 4.15. The van der Waals surface area contributed by atoms with E-state index in [1.165, 1.54) is 0 Å². The molecule has 1 aliphatic carbocycles. The second kappa shape index (κ2) is 4.11. The predicted molar refractivity (Wildman–Crippen MR) is 63.5 cm³/mol. The molecule has 1 saturated carbocycles. The van der Waals surface area contributed by atoms with Crippen LogP contribution >= 0.6 is 22.6 Å². The highest BCUT2D eigenvalue weighted by Crippen LogP contribution is 2.39. The molecule has 15 heavy (non-hydrogen) atoms. The number of aliphatic carboxylic acids is 1. The van der Waals surface area contributed by atoms with Gasteiger partial charge < -0.3 is 5.11 Å². The van der Waals surface area contributed by atoms with Crippen molar-refractivity contribution in [2.24, 2.45) is 5.41 Å². The van der Waals surface area contributed by atoms with E-state index in [0.717, 1.165) is 29.3 Å². The SMILES string of the molecule is O=C(O)C1(Cn2cc(I)cn2)CCCC1. The maximum atomic E-state index is 11.3. The molecule has 2 rings (SSSR count). The summed E-state index contributed by atoms with van der Waals surface area (Å²) < 4.78 is 2.80. The molecule has 1 fully saturated rings. The summed E-state index contributed by atoms with van der Waals surface area (Å²) in [5.41, 5.74) is -0.574. The Morgan fingerprint density at radius 2 is 2.27 bits per heavy atom. The van der Waals surface area contributed by atoms with Crippen LogP contribution in [0.2, 0.25) is 0 Å². The highest BCUT2D eigenvalue weighted by molar-refractivity contribution is 14.1. The van der Waals surface area contributed by atoms with E-state index in [2.05, 4.69) is 27.7 Å². The van der Waals surface area contributed by atoms with Crippen LogP contribution in [0.3, 0.4) is 0 Å². The minimum atomic E-state index is -0.675. The van der Waals surface area contributed by atoms with Crippen LogP contribution in [0.1, 0.15) is 25.7 Å². The van der Waals surface area contributed by atoms with E-state index in [0.29, 0.717) is 6.54 Å². The van der Waals surface area contributed by atoms with Gasteiger partial charge >= 0.3 is 5.97 Å². The summed E-state index contributed by atoms with van der Waals surface area (Å²) in [6.45, 7) is 0.505. The van der Waals surface area contributed by atoms with E-state index in [1.54, 1.807) is 10.9 Å². The normalized spacial score (nSPS) is 19.3. The molecule has 0 aromatic carbocycles. The Morgan fingerprint density at radius 1 is 1.60 bits per heavy atom. The minimum absolute atomic E-state index is 0.505. The zero-order valence-corrected chi connectivity index (χ0v) is 10.5. The highest BCUT2D eigenvalue weighted by Gasteiger charge is 2.41. The molecule has 1 heterocycles. The van der Waals surface area contributed by atoms with Gasteiger partial charge in [-0.2, -0.15) is 5.10 Å². The number of hydrogen-bond donors (Lipinski definition) is 1. The van der Waals surface area contributed by atoms with Crippen LogP contribution in [-0.2, 0) is 11.3 Å². The molecule has 0 radical (unpaired) electrons. The van der Waals surface area contributed by atoms with Crippen molar-refractivity contribution in [1.29, 1.82) is 0 Å². The Balaban J connectivity index is 2.17. The van der Waals surface area contributed by atoms with Crippen molar-refractivity contribution in [3.8, 4) is 0 Å². The van der Waals surface area contributed by atoms with E-state index >= 15 is 0 Å². The third-order valence-corrected chi connectivity index (χ3v) is 3.64. The van der Waals surface area contributed by atoms with Gasteiger partial charge in [0.15, 0.2) is 0 Å². The van der Waals surface area contributed by atoms with Crippen LogP contribution in [0.15, 0.2) is 12.4 Å². The number of carboxylic acids is 1. The number of halogens is 1. The Kier molecular flexibility index (Phi) is 2.99. The van der Waals surface area contributed by atoms with Crippen LogP contribution in [-0.4, -0.2) is 20.9 Å². The average Bonchev–Trinajstić information content (AvgIpc) is 2.77. The first kappa shape index (κ1) is 10.9. The van der Waals surface area contributed by atoms with Gasteiger partial charge in [0.25, 0.3) is 0 Å². The molecule has 5 heteroatoms. The highest BCUT2D eigenvalue weighted by atomic mass is 127. The van der Waals surface area contributed by atoms with E-state index in [-0.39, 0.29) is 0 Å². The summed E-state index contributed by atoms with van der Waals surface area (Å²) >= 11 is 2.18. The summed E-state index contributed by atoms with van der Waals surface area (Å²) in [5.74, 6) is -0.675. The van der Waals surface area contributed by atoms with Gasteiger partial charge in [-0.1, -0.05) is 12.8 Å². The first-order valence-electron chi connectivity index (χ1n) is 5.04. The first-order valence-corrected chi connectivity index (χ1v) is 6.12. The summed E-state index contributed by atoms with van der Waals surface area (Å²) in [6.07, 6.45) is 7.24. The third-order valence-electron chi connectivity index (χ3n) is 3.08. The molecule has 1 aliphatic rings. The van der Waals surface area contributed by atoms with Crippen molar-refractivity contribution < 1.29 is 9.90 Å². The van der Waals surface area contributed by atoms with Crippen LogP contribution < -0.4 is 0 Å². The first-order chi connectivity index (χ1) is 7.12. The van der Waals surface area contributed by atoms with E-state index in [4.69, 9.17) is 0 Å². The second-order valence-corrected chi connectivity index (χ2v) is 5.39. The van der Waals surface area contributed by atoms with Crippen LogP contribution in [0, 0.1) is 8.99 Å². The summed E-state index contributed by atoms with van der Waals surface area (Å²) in [7, 11) is 0. The molecule has 1 N–H and O–H groups in total. The average molecular weight is 320 g/mol. The van der Waals surface area contributed by atoms with Gasteiger partial charge in [0, 0.05) is 6.20 Å². The quantitative estimate of drug-likeness (QED) is 0.868. The van der Waals surface area contributed by atoms with E-state index in [1.807, 2.05) is 6.20 Å². The Labute approximate surface area is 102 Å². The number of carbonyl (C=O) groups is 1. The third kappa shape index (κ3) is 2.16. The van der Waals surface area contributed by atoms with Crippen molar-refractivity contribution in [2.45, 2.75) is 32.2 Å². The number of aromatic nitrogens is 2. The van der Waals surface area contributed by atoms with Gasteiger partial charge in [-0.05, 0) is 35.4 Å². The monoisotopic (exact) mass is 320 g/mol. The van der Waals surface area contributed by atoms with Crippen molar-refractivity contribution in [1.82, 2.24) is 9.78 Å². The minimum Gasteiger partial charge on any atom is -0.481 e. The maximum Gasteiger partial charge on any atom is 0.311 e. The van der Waals surface area contributed by atoms with Crippen LogP contribution in [0.25, 0.3) is 0 Å². The summed E-state index contributed by atoms with van der Waals surface area (Å²) in [4.78, 5) is 11.3. The molecular weight excluding hydrogens is 307 g/mol. The van der Waals surface area contributed by atoms with Crippen molar-refractivity contribution in [2.75, 3.05) is 0 Å².